The highest BCUT2D eigenvalue weighted by molar-refractivity contribution is 5.93. The average Bonchev–Trinajstić information content (AvgIpc) is 3.29. The lowest BCUT2D eigenvalue weighted by Crippen LogP contribution is -2.52. The largest absolute Gasteiger partial charge is 0.396 e. The van der Waals surface area contributed by atoms with Crippen molar-refractivity contribution in [3.8, 4) is 11.3 Å². The van der Waals surface area contributed by atoms with Gasteiger partial charge in [-0.15, -0.1) is 12.4 Å². The van der Waals surface area contributed by atoms with E-state index in [2.05, 4.69) is 10.4 Å². The first kappa shape index (κ1) is 23.0. The maximum atomic E-state index is 13.3. The van der Waals surface area contributed by atoms with E-state index in [9.17, 15) is 14.7 Å². The molecule has 3 aromatic rings. The van der Waals surface area contributed by atoms with Crippen LogP contribution in [0.15, 0.2) is 59.4 Å². The fraction of sp³-hybridized carbons (Fsp3) is 0.400. The smallest absolute Gasteiger partial charge is 0.275 e. The van der Waals surface area contributed by atoms with Gasteiger partial charge in [0.2, 0.25) is 5.91 Å². The number of morpholine rings is 1. The number of aromatic nitrogens is 2. The number of ether oxygens (including phenoxy) is 1. The Morgan fingerprint density at radius 2 is 1.88 bits per heavy atom. The normalized spacial score (nSPS) is 27.4. The molecule has 0 radical (unpaired) electrons. The summed E-state index contributed by atoms with van der Waals surface area (Å²) in [6.45, 7) is 2.30. The summed E-state index contributed by atoms with van der Waals surface area (Å²) >= 11 is 0. The van der Waals surface area contributed by atoms with E-state index in [1.807, 2.05) is 48.5 Å². The monoisotopic (exact) mass is 482 g/mol. The third-order valence-electron chi connectivity index (χ3n) is 7.47. The van der Waals surface area contributed by atoms with E-state index in [4.69, 9.17) is 4.74 Å². The van der Waals surface area contributed by atoms with E-state index in [1.165, 1.54) is 4.68 Å². The summed E-state index contributed by atoms with van der Waals surface area (Å²) in [6.07, 6.45) is -0.00999. The molecule has 4 atom stereocenters. The molecular weight excluding hydrogens is 456 g/mol. The molecule has 3 aliphatic rings. The van der Waals surface area contributed by atoms with Gasteiger partial charge in [-0.05, 0) is 6.07 Å². The van der Waals surface area contributed by atoms with Gasteiger partial charge < -0.3 is 20.1 Å². The minimum absolute atomic E-state index is 0. The lowest BCUT2D eigenvalue weighted by atomic mass is 9.83. The van der Waals surface area contributed by atoms with Crippen molar-refractivity contribution in [2.24, 2.45) is 11.8 Å². The van der Waals surface area contributed by atoms with E-state index >= 15 is 0 Å². The molecule has 3 saturated heterocycles. The Morgan fingerprint density at radius 3 is 2.65 bits per heavy atom. The minimum Gasteiger partial charge on any atom is -0.396 e. The zero-order chi connectivity index (χ0) is 22.6. The van der Waals surface area contributed by atoms with Crippen LogP contribution in [0, 0.1) is 11.8 Å². The SMILES string of the molecule is Cl.O=C(Cn1nc(-c2ccccc2)c2ccccc2c1=O)N1C[C@@H]2[C@H](CO)[C@H]3CNC[C@]2(C1)O3. The van der Waals surface area contributed by atoms with Crippen molar-refractivity contribution in [2.75, 3.05) is 32.8 Å². The molecule has 4 heterocycles. The molecule has 2 aromatic carbocycles. The second kappa shape index (κ2) is 8.78. The maximum Gasteiger partial charge on any atom is 0.275 e. The standard InChI is InChI=1S/C25H26N4O4.ClH/c30-13-19-20-11-28(15-25(20)14-26-10-21(19)33-25)22(31)12-29-24(32)18-9-5-4-8-17(18)23(27-29)16-6-2-1-3-7-16;/h1-9,19-21,26,30H,10-15H2;1H/t19-,20+,21+,25+;/m0./s1. The van der Waals surface area contributed by atoms with Gasteiger partial charge in [0, 0.05) is 49.0 Å². The molecule has 1 aromatic heterocycles. The molecule has 8 nitrogen and oxygen atoms in total. The molecule has 9 heteroatoms. The van der Waals surface area contributed by atoms with E-state index in [-0.39, 0.29) is 55.0 Å². The second-order valence-corrected chi connectivity index (χ2v) is 9.30. The van der Waals surface area contributed by atoms with E-state index in [0.717, 1.165) is 17.5 Å². The summed E-state index contributed by atoms with van der Waals surface area (Å²) in [5, 5.41) is 19.3. The molecule has 6 rings (SSSR count). The Morgan fingerprint density at radius 1 is 1.15 bits per heavy atom. The van der Waals surface area contributed by atoms with Crippen LogP contribution in [0.3, 0.4) is 0 Å². The first-order valence-corrected chi connectivity index (χ1v) is 11.4. The predicted octanol–water partition coefficient (Wildman–Crippen LogP) is 1.29. The summed E-state index contributed by atoms with van der Waals surface area (Å²) < 4.78 is 7.58. The first-order valence-electron chi connectivity index (χ1n) is 11.4. The third kappa shape index (κ3) is 3.53. The quantitative estimate of drug-likeness (QED) is 0.582. The summed E-state index contributed by atoms with van der Waals surface area (Å²) in [4.78, 5) is 28.3. The highest BCUT2D eigenvalue weighted by Gasteiger charge is 2.61. The number of halogens is 1. The number of amides is 1. The van der Waals surface area contributed by atoms with Gasteiger partial charge in [-0.25, -0.2) is 4.68 Å². The van der Waals surface area contributed by atoms with Crippen molar-refractivity contribution in [3.63, 3.8) is 0 Å². The van der Waals surface area contributed by atoms with E-state index < -0.39 is 5.60 Å². The van der Waals surface area contributed by atoms with Gasteiger partial charge in [0.1, 0.15) is 12.1 Å². The van der Waals surface area contributed by atoms with Crippen LogP contribution in [-0.4, -0.2) is 70.2 Å². The van der Waals surface area contributed by atoms with Crippen molar-refractivity contribution < 1.29 is 14.6 Å². The molecule has 1 amide bonds. The lowest BCUT2D eigenvalue weighted by molar-refractivity contribution is -0.134. The lowest BCUT2D eigenvalue weighted by Gasteiger charge is -2.33. The highest BCUT2D eigenvalue weighted by atomic mass is 35.5. The second-order valence-electron chi connectivity index (χ2n) is 9.30. The van der Waals surface area contributed by atoms with Gasteiger partial charge in [0.15, 0.2) is 0 Å². The van der Waals surface area contributed by atoms with Gasteiger partial charge in [-0.2, -0.15) is 5.10 Å². The zero-order valence-electron chi connectivity index (χ0n) is 18.6. The number of nitrogens with one attached hydrogen (secondary N) is 1. The summed E-state index contributed by atoms with van der Waals surface area (Å²) in [7, 11) is 0. The number of rotatable bonds is 4. The van der Waals surface area contributed by atoms with Crippen LogP contribution in [0.5, 0.6) is 0 Å². The number of aliphatic hydroxyl groups is 1. The molecule has 2 bridgehead atoms. The molecule has 3 fully saturated rings. The van der Waals surface area contributed by atoms with Crippen LogP contribution in [0.4, 0.5) is 0 Å². The van der Waals surface area contributed by atoms with Crippen molar-refractivity contribution >= 4 is 29.1 Å². The van der Waals surface area contributed by atoms with Crippen LogP contribution >= 0.6 is 12.4 Å². The number of benzene rings is 2. The number of nitrogens with zero attached hydrogens (tertiary/aromatic N) is 3. The minimum atomic E-state index is -0.455. The van der Waals surface area contributed by atoms with Crippen LogP contribution in [0.25, 0.3) is 22.0 Å². The molecule has 178 valence electrons. The molecular formula is C25H27ClN4O4. The number of carbonyl (C=O) groups excluding carboxylic acids is 1. The van der Waals surface area contributed by atoms with E-state index in [0.29, 0.717) is 30.7 Å². The van der Waals surface area contributed by atoms with Gasteiger partial charge in [-0.3, -0.25) is 9.59 Å². The number of hydrogen-bond acceptors (Lipinski definition) is 6. The molecule has 0 saturated carbocycles. The number of hydrogen-bond donors (Lipinski definition) is 2. The Bertz CT molecular complexity index is 1280. The number of aliphatic hydroxyl groups excluding tert-OH is 1. The van der Waals surface area contributed by atoms with Gasteiger partial charge >= 0.3 is 0 Å². The number of carbonyl (C=O) groups is 1. The maximum absolute atomic E-state index is 13.3. The van der Waals surface area contributed by atoms with Crippen molar-refractivity contribution in [2.45, 2.75) is 18.2 Å². The molecule has 0 aliphatic carbocycles. The fourth-order valence-electron chi connectivity index (χ4n) is 5.87. The van der Waals surface area contributed by atoms with Gasteiger partial charge in [0.05, 0.1) is 23.7 Å². The van der Waals surface area contributed by atoms with Crippen LogP contribution in [0.1, 0.15) is 0 Å². The average molecular weight is 483 g/mol. The Balaban J connectivity index is 0.00000241. The molecule has 3 aliphatic heterocycles. The van der Waals surface area contributed by atoms with Gasteiger partial charge in [0.25, 0.3) is 5.56 Å². The zero-order valence-corrected chi connectivity index (χ0v) is 19.4. The molecule has 0 unspecified atom stereocenters. The van der Waals surface area contributed by atoms with E-state index in [1.54, 1.807) is 11.0 Å². The van der Waals surface area contributed by atoms with Crippen LogP contribution < -0.4 is 10.9 Å². The molecule has 2 N–H and O–H groups in total. The van der Waals surface area contributed by atoms with Gasteiger partial charge in [-0.1, -0.05) is 48.5 Å². The molecule has 34 heavy (non-hydrogen) atoms. The Hall–Kier alpha value is -2.78. The fourth-order valence-corrected chi connectivity index (χ4v) is 5.87. The first-order chi connectivity index (χ1) is 16.1. The Labute approximate surface area is 202 Å². The summed E-state index contributed by atoms with van der Waals surface area (Å²) in [5.74, 6) is -0.0540. The number of fused-ring (bicyclic) bond motifs is 2. The van der Waals surface area contributed by atoms with Crippen LogP contribution in [-0.2, 0) is 16.1 Å². The number of likely N-dealkylation sites (tertiary alicyclic amines) is 1. The molecule has 1 spiro atoms. The highest BCUT2D eigenvalue weighted by Crippen LogP contribution is 2.47. The summed E-state index contributed by atoms with van der Waals surface area (Å²) in [5.41, 5.74) is 0.838. The third-order valence-corrected chi connectivity index (χ3v) is 7.47. The van der Waals surface area contributed by atoms with Crippen molar-refractivity contribution in [1.29, 1.82) is 0 Å². The van der Waals surface area contributed by atoms with Crippen molar-refractivity contribution in [1.82, 2.24) is 20.0 Å². The topological polar surface area (TPSA) is 96.7 Å². The Kier molecular flexibility index (Phi) is 5.93. The summed E-state index contributed by atoms with van der Waals surface area (Å²) in [6, 6.07) is 17.1. The van der Waals surface area contributed by atoms with Crippen LogP contribution in [0.2, 0.25) is 0 Å². The predicted molar refractivity (Wildman–Crippen MR) is 130 cm³/mol. The van der Waals surface area contributed by atoms with Crippen molar-refractivity contribution in [3.05, 3.63) is 65.0 Å².